The molecule has 0 aromatic heterocycles. The Hall–Kier alpha value is -0.840. The summed E-state index contributed by atoms with van der Waals surface area (Å²) in [5.41, 5.74) is 6.70. The molecule has 0 radical (unpaired) electrons. The Morgan fingerprint density at radius 2 is 2.00 bits per heavy atom. The molecule has 0 saturated carbocycles. The number of hydrogen-bond donors (Lipinski definition) is 1. The molecule has 2 aromatic carbocycles. The third-order valence-corrected chi connectivity index (χ3v) is 4.27. The fourth-order valence-corrected chi connectivity index (χ4v) is 2.86. The third kappa shape index (κ3) is 4.34. The molecule has 100 valence electrons. The molecule has 0 spiro atoms. The van der Waals surface area contributed by atoms with Gasteiger partial charge in [0, 0.05) is 20.8 Å². The number of halogens is 2. The summed E-state index contributed by atoms with van der Waals surface area (Å²) in [6.07, 6.45) is 0. The summed E-state index contributed by atoms with van der Waals surface area (Å²) in [5.74, 6) is 1.53. The zero-order valence-electron chi connectivity index (χ0n) is 10.1. The highest BCUT2D eigenvalue weighted by Crippen LogP contribution is 2.28. The second-order valence-corrected chi connectivity index (χ2v) is 6.27. The molecule has 0 bridgehead atoms. The first-order chi connectivity index (χ1) is 9.16. The fourth-order valence-electron chi connectivity index (χ4n) is 1.52. The van der Waals surface area contributed by atoms with Crippen LogP contribution in [0.2, 0.25) is 5.02 Å². The number of para-hydroxylation sites is 1. The highest BCUT2D eigenvalue weighted by molar-refractivity contribution is 9.10. The Bertz CT molecular complexity index is 565. The SMILES string of the molecule is Nc1cc(Br)ccc1SCCOc1ccccc1Cl. The average Bonchev–Trinajstić information content (AvgIpc) is 2.38. The van der Waals surface area contributed by atoms with Crippen LogP contribution in [-0.4, -0.2) is 12.4 Å². The highest BCUT2D eigenvalue weighted by Gasteiger charge is 2.02. The number of rotatable bonds is 5. The summed E-state index contributed by atoms with van der Waals surface area (Å²) in [5, 5.41) is 0.635. The zero-order chi connectivity index (χ0) is 13.7. The molecule has 0 fully saturated rings. The van der Waals surface area contributed by atoms with E-state index in [-0.39, 0.29) is 0 Å². The van der Waals surface area contributed by atoms with Crippen LogP contribution in [0.15, 0.2) is 51.8 Å². The van der Waals surface area contributed by atoms with Crippen molar-refractivity contribution >= 4 is 45.0 Å². The van der Waals surface area contributed by atoms with Crippen molar-refractivity contribution < 1.29 is 4.74 Å². The monoisotopic (exact) mass is 357 g/mol. The summed E-state index contributed by atoms with van der Waals surface area (Å²) in [6.45, 7) is 0.587. The van der Waals surface area contributed by atoms with Crippen LogP contribution < -0.4 is 10.5 Å². The van der Waals surface area contributed by atoms with Gasteiger partial charge in [-0.25, -0.2) is 0 Å². The summed E-state index contributed by atoms with van der Waals surface area (Å²) in [4.78, 5) is 1.06. The van der Waals surface area contributed by atoms with Crippen LogP contribution >= 0.6 is 39.3 Å². The Kier molecular flexibility index (Phi) is 5.43. The molecule has 0 aliphatic heterocycles. The van der Waals surface area contributed by atoms with Gasteiger partial charge >= 0.3 is 0 Å². The van der Waals surface area contributed by atoms with Gasteiger partial charge in [-0.05, 0) is 30.3 Å². The van der Waals surface area contributed by atoms with E-state index in [2.05, 4.69) is 15.9 Å². The van der Waals surface area contributed by atoms with Gasteiger partial charge in [-0.3, -0.25) is 0 Å². The molecule has 2 N–H and O–H groups in total. The molecule has 2 aromatic rings. The fraction of sp³-hybridized carbons (Fsp3) is 0.143. The summed E-state index contributed by atoms with van der Waals surface area (Å²) in [7, 11) is 0. The smallest absolute Gasteiger partial charge is 0.137 e. The van der Waals surface area contributed by atoms with Gasteiger partial charge in [-0.2, -0.15) is 0 Å². The second-order valence-electron chi connectivity index (χ2n) is 3.81. The number of benzene rings is 2. The van der Waals surface area contributed by atoms with Gasteiger partial charge in [-0.1, -0.05) is 39.7 Å². The number of thioether (sulfide) groups is 1. The first kappa shape index (κ1) is 14.6. The van der Waals surface area contributed by atoms with Crippen LogP contribution in [0, 0.1) is 0 Å². The van der Waals surface area contributed by atoms with Crippen molar-refractivity contribution in [1.29, 1.82) is 0 Å². The molecule has 0 unspecified atom stereocenters. The Morgan fingerprint density at radius 1 is 1.21 bits per heavy atom. The number of nitrogens with two attached hydrogens (primary N) is 1. The predicted molar refractivity (Wildman–Crippen MR) is 86.2 cm³/mol. The van der Waals surface area contributed by atoms with Crippen molar-refractivity contribution in [2.75, 3.05) is 18.1 Å². The highest BCUT2D eigenvalue weighted by atomic mass is 79.9. The normalized spacial score (nSPS) is 10.4. The second kappa shape index (κ2) is 7.08. The first-order valence-electron chi connectivity index (χ1n) is 5.72. The van der Waals surface area contributed by atoms with Gasteiger partial charge in [0.1, 0.15) is 5.75 Å². The topological polar surface area (TPSA) is 35.2 Å². The number of nitrogen functional groups attached to an aromatic ring is 1. The summed E-state index contributed by atoms with van der Waals surface area (Å²) < 4.78 is 6.61. The minimum Gasteiger partial charge on any atom is -0.491 e. The van der Waals surface area contributed by atoms with Gasteiger partial charge in [0.15, 0.2) is 0 Å². The van der Waals surface area contributed by atoms with Crippen molar-refractivity contribution in [3.8, 4) is 5.75 Å². The molecule has 5 heteroatoms. The minimum absolute atomic E-state index is 0.587. The maximum atomic E-state index is 6.01. The van der Waals surface area contributed by atoms with Crippen LogP contribution in [0.4, 0.5) is 5.69 Å². The van der Waals surface area contributed by atoms with Crippen LogP contribution in [0.1, 0.15) is 0 Å². The van der Waals surface area contributed by atoms with E-state index >= 15 is 0 Å². The lowest BCUT2D eigenvalue weighted by Gasteiger charge is -2.08. The van der Waals surface area contributed by atoms with Gasteiger partial charge in [0.2, 0.25) is 0 Å². The molecule has 0 amide bonds. The standard InChI is InChI=1S/C14H13BrClNOS/c15-10-5-6-14(12(17)9-10)19-8-7-18-13-4-2-1-3-11(13)16/h1-6,9H,7-8,17H2. The van der Waals surface area contributed by atoms with Crippen molar-refractivity contribution in [3.05, 3.63) is 52.0 Å². The van der Waals surface area contributed by atoms with E-state index in [1.54, 1.807) is 11.8 Å². The van der Waals surface area contributed by atoms with Gasteiger partial charge in [-0.15, -0.1) is 11.8 Å². The van der Waals surface area contributed by atoms with Crippen molar-refractivity contribution in [3.63, 3.8) is 0 Å². The lowest BCUT2D eigenvalue weighted by Crippen LogP contribution is -2.01. The molecule has 19 heavy (non-hydrogen) atoms. The van der Waals surface area contributed by atoms with E-state index in [9.17, 15) is 0 Å². The molecule has 0 atom stereocenters. The van der Waals surface area contributed by atoms with Gasteiger partial charge in [0.05, 0.1) is 11.6 Å². The van der Waals surface area contributed by atoms with Crippen LogP contribution in [0.5, 0.6) is 5.75 Å². The molecular formula is C14H13BrClNOS. The third-order valence-electron chi connectivity index (χ3n) is 2.41. The van der Waals surface area contributed by atoms with E-state index < -0.39 is 0 Å². The van der Waals surface area contributed by atoms with Crippen molar-refractivity contribution in [1.82, 2.24) is 0 Å². The quantitative estimate of drug-likeness (QED) is 0.471. The molecule has 0 saturated heterocycles. The maximum absolute atomic E-state index is 6.01. The van der Waals surface area contributed by atoms with E-state index in [4.69, 9.17) is 22.1 Å². The van der Waals surface area contributed by atoms with Crippen molar-refractivity contribution in [2.24, 2.45) is 0 Å². The summed E-state index contributed by atoms with van der Waals surface area (Å²) in [6, 6.07) is 13.3. The number of hydrogen-bond acceptors (Lipinski definition) is 3. The molecular weight excluding hydrogens is 346 g/mol. The van der Waals surface area contributed by atoms with E-state index in [0.29, 0.717) is 17.4 Å². The lowest BCUT2D eigenvalue weighted by atomic mass is 10.3. The molecule has 0 aliphatic rings. The first-order valence-corrected chi connectivity index (χ1v) is 7.87. The average molecular weight is 359 g/mol. The van der Waals surface area contributed by atoms with Crippen LogP contribution in [0.3, 0.4) is 0 Å². The Labute approximate surface area is 130 Å². The Balaban J connectivity index is 1.83. The van der Waals surface area contributed by atoms with E-state index in [1.165, 1.54) is 0 Å². The maximum Gasteiger partial charge on any atom is 0.137 e. The molecule has 2 rings (SSSR count). The number of ether oxygens (including phenoxy) is 1. The van der Waals surface area contributed by atoms with Crippen molar-refractivity contribution in [2.45, 2.75) is 4.90 Å². The van der Waals surface area contributed by atoms with Gasteiger partial charge in [0.25, 0.3) is 0 Å². The largest absolute Gasteiger partial charge is 0.491 e. The molecule has 0 aliphatic carbocycles. The molecule has 2 nitrogen and oxygen atoms in total. The molecule has 0 heterocycles. The van der Waals surface area contributed by atoms with E-state index in [0.717, 1.165) is 20.8 Å². The lowest BCUT2D eigenvalue weighted by molar-refractivity contribution is 0.344. The van der Waals surface area contributed by atoms with Gasteiger partial charge < -0.3 is 10.5 Å². The summed E-state index contributed by atoms with van der Waals surface area (Å²) >= 11 is 11.1. The van der Waals surface area contributed by atoms with E-state index in [1.807, 2.05) is 42.5 Å². The van der Waals surface area contributed by atoms with Crippen LogP contribution in [0.25, 0.3) is 0 Å². The number of anilines is 1. The van der Waals surface area contributed by atoms with Crippen LogP contribution in [-0.2, 0) is 0 Å². The Morgan fingerprint density at radius 3 is 2.74 bits per heavy atom. The predicted octanol–water partition coefficient (Wildman–Crippen LogP) is 4.86. The zero-order valence-corrected chi connectivity index (χ0v) is 13.3. The minimum atomic E-state index is 0.587.